The van der Waals surface area contributed by atoms with Crippen molar-refractivity contribution in [1.29, 1.82) is 5.41 Å². The minimum absolute atomic E-state index is 0.0925. The lowest BCUT2D eigenvalue weighted by molar-refractivity contribution is 0.150. The highest BCUT2D eigenvalue weighted by molar-refractivity contribution is 6.76. The second-order valence-electron chi connectivity index (χ2n) is 7.37. The molecule has 0 heterocycles. The van der Waals surface area contributed by atoms with Gasteiger partial charge in [0.25, 0.3) is 6.43 Å². The van der Waals surface area contributed by atoms with Crippen LogP contribution in [0, 0.1) is 12.3 Å². The third-order valence-corrected chi connectivity index (χ3v) is 5.93. The quantitative estimate of drug-likeness (QED) is 0.296. The zero-order chi connectivity index (χ0) is 18.5. The zero-order valence-electron chi connectivity index (χ0n) is 15.7. The second kappa shape index (κ2) is 8.60. The molecule has 24 heavy (non-hydrogen) atoms. The van der Waals surface area contributed by atoms with Gasteiger partial charge in [-0.2, -0.15) is 0 Å². The summed E-state index contributed by atoms with van der Waals surface area (Å²) in [6.45, 7) is 11.8. The predicted molar refractivity (Wildman–Crippen MR) is 99.5 cm³/mol. The number of alkyl halides is 2. The van der Waals surface area contributed by atoms with E-state index in [1.54, 1.807) is 11.9 Å². The van der Waals surface area contributed by atoms with Gasteiger partial charge in [-0.15, -0.1) is 0 Å². The molecule has 0 spiro atoms. The maximum Gasteiger partial charge on any atom is 0.264 e. The van der Waals surface area contributed by atoms with Gasteiger partial charge >= 0.3 is 0 Å². The minimum Gasteiger partial charge on any atom is -0.493 e. The lowest BCUT2D eigenvalue weighted by atomic mass is 10.0. The molecular formula is C18H30F2N2OSi. The normalized spacial score (nSPS) is 11.7. The summed E-state index contributed by atoms with van der Waals surface area (Å²) >= 11 is 0. The molecule has 0 amide bonds. The number of amidine groups is 1. The number of hydrogen-bond donors (Lipinski definition) is 1. The van der Waals surface area contributed by atoms with Gasteiger partial charge in [0.05, 0.1) is 6.61 Å². The van der Waals surface area contributed by atoms with E-state index >= 15 is 0 Å². The van der Waals surface area contributed by atoms with Gasteiger partial charge in [0.2, 0.25) is 0 Å². The van der Waals surface area contributed by atoms with Crippen LogP contribution in [-0.2, 0) is 0 Å². The highest BCUT2D eigenvalue weighted by atomic mass is 28.3. The Bertz CT molecular complexity index is 571. The van der Waals surface area contributed by atoms with Crippen molar-refractivity contribution in [3.05, 3.63) is 28.8 Å². The molecule has 0 saturated heterocycles. The number of nitrogens with zero attached hydrogens (tertiary/aromatic N) is 1. The molecule has 0 bridgehead atoms. The standard InChI is InChI=1S/C18H30F2N2OSi/c1-7-22(3)18(21)15-11-14(17(19)20)12-16(13(15)2)23-9-8-10-24(4,5)6/h11-12,17,21H,7-10H2,1-6H3. The number of nitrogens with one attached hydrogen (secondary N) is 1. The Labute approximate surface area is 145 Å². The molecule has 3 nitrogen and oxygen atoms in total. The highest BCUT2D eigenvalue weighted by Crippen LogP contribution is 2.30. The van der Waals surface area contributed by atoms with Crippen LogP contribution in [0.3, 0.4) is 0 Å². The Balaban J connectivity index is 3.02. The number of hydrogen-bond acceptors (Lipinski definition) is 2. The molecule has 1 rings (SSSR count). The van der Waals surface area contributed by atoms with Crippen LogP contribution in [0.15, 0.2) is 12.1 Å². The summed E-state index contributed by atoms with van der Waals surface area (Å²) in [6.07, 6.45) is -1.65. The summed E-state index contributed by atoms with van der Waals surface area (Å²) < 4.78 is 32.2. The molecule has 0 radical (unpaired) electrons. The second-order valence-corrected chi connectivity index (χ2v) is 13.0. The molecular weight excluding hydrogens is 326 g/mol. The first-order valence-electron chi connectivity index (χ1n) is 8.42. The van der Waals surface area contributed by atoms with E-state index in [0.717, 1.165) is 18.0 Å². The molecule has 0 unspecified atom stereocenters. The Hall–Kier alpha value is -1.43. The first kappa shape index (κ1) is 20.6. The first-order valence-corrected chi connectivity index (χ1v) is 12.1. The van der Waals surface area contributed by atoms with Crippen LogP contribution in [0.1, 0.15) is 36.5 Å². The highest BCUT2D eigenvalue weighted by Gasteiger charge is 2.19. The Morgan fingerprint density at radius 3 is 2.42 bits per heavy atom. The van der Waals surface area contributed by atoms with Crippen molar-refractivity contribution in [2.45, 2.75) is 52.4 Å². The Morgan fingerprint density at radius 1 is 1.29 bits per heavy atom. The van der Waals surface area contributed by atoms with E-state index in [0.29, 0.717) is 24.5 Å². The van der Waals surface area contributed by atoms with E-state index in [-0.39, 0.29) is 11.4 Å². The monoisotopic (exact) mass is 356 g/mol. The average molecular weight is 357 g/mol. The third kappa shape index (κ3) is 5.89. The number of benzene rings is 1. The minimum atomic E-state index is -2.58. The first-order chi connectivity index (χ1) is 11.1. The zero-order valence-corrected chi connectivity index (χ0v) is 16.7. The molecule has 0 aliphatic heterocycles. The molecule has 1 aromatic rings. The molecule has 0 aliphatic carbocycles. The maximum atomic E-state index is 13.2. The summed E-state index contributed by atoms with van der Waals surface area (Å²) in [6, 6.07) is 3.96. The van der Waals surface area contributed by atoms with E-state index in [9.17, 15) is 8.78 Å². The SMILES string of the molecule is CCN(C)C(=N)c1cc(C(F)F)cc(OCCC[Si](C)(C)C)c1C. The van der Waals surface area contributed by atoms with E-state index in [4.69, 9.17) is 10.1 Å². The van der Waals surface area contributed by atoms with Gasteiger partial charge in [0.15, 0.2) is 0 Å². The largest absolute Gasteiger partial charge is 0.493 e. The van der Waals surface area contributed by atoms with E-state index in [1.165, 1.54) is 12.1 Å². The summed E-state index contributed by atoms with van der Waals surface area (Å²) in [5.74, 6) is 0.706. The Kier molecular flexibility index (Phi) is 7.39. The smallest absolute Gasteiger partial charge is 0.264 e. The summed E-state index contributed by atoms with van der Waals surface area (Å²) in [7, 11) is 0.656. The Morgan fingerprint density at radius 2 is 1.92 bits per heavy atom. The summed E-state index contributed by atoms with van der Waals surface area (Å²) in [5.41, 5.74) is 1.17. The van der Waals surface area contributed by atoms with Crippen molar-refractivity contribution < 1.29 is 13.5 Å². The van der Waals surface area contributed by atoms with Crippen molar-refractivity contribution in [1.82, 2.24) is 4.90 Å². The summed E-state index contributed by atoms with van der Waals surface area (Å²) in [4.78, 5) is 1.73. The van der Waals surface area contributed by atoms with Crippen molar-refractivity contribution in [3.8, 4) is 5.75 Å². The number of halogens is 2. The van der Waals surface area contributed by atoms with Gasteiger partial charge in [-0.05, 0) is 32.4 Å². The molecule has 0 saturated carbocycles. The third-order valence-electron chi connectivity index (χ3n) is 4.07. The van der Waals surface area contributed by atoms with Crippen LogP contribution in [-0.4, -0.2) is 39.0 Å². The van der Waals surface area contributed by atoms with E-state index < -0.39 is 14.5 Å². The lowest BCUT2D eigenvalue weighted by Crippen LogP contribution is -2.27. The number of rotatable bonds is 8. The maximum absolute atomic E-state index is 13.2. The van der Waals surface area contributed by atoms with Gasteiger partial charge in [0.1, 0.15) is 11.6 Å². The molecule has 6 heteroatoms. The molecule has 1 aromatic carbocycles. The van der Waals surface area contributed by atoms with Crippen LogP contribution in [0.5, 0.6) is 5.75 Å². The van der Waals surface area contributed by atoms with Crippen molar-refractivity contribution >= 4 is 13.9 Å². The summed E-state index contributed by atoms with van der Waals surface area (Å²) in [5, 5.41) is 8.24. The lowest BCUT2D eigenvalue weighted by Gasteiger charge is -2.22. The molecule has 0 fully saturated rings. The topological polar surface area (TPSA) is 36.3 Å². The van der Waals surface area contributed by atoms with E-state index in [2.05, 4.69) is 19.6 Å². The van der Waals surface area contributed by atoms with Gasteiger partial charge < -0.3 is 9.64 Å². The molecule has 0 aromatic heterocycles. The van der Waals surface area contributed by atoms with Crippen LogP contribution >= 0.6 is 0 Å². The van der Waals surface area contributed by atoms with Crippen LogP contribution in [0.4, 0.5) is 8.78 Å². The van der Waals surface area contributed by atoms with Crippen LogP contribution in [0.2, 0.25) is 25.7 Å². The molecule has 1 N–H and O–H groups in total. The molecule has 0 aliphatic rings. The van der Waals surface area contributed by atoms with Crippen molar-refractivity contribution in [2.24, 2.45) is 0 Å². The average Bonchev–Trinajstić information content (AvgIpc) is 2.50. The number of ether oxygens (including phenoxy) is 1. The predicted octanol–water partition coefficient (Wildman–Crippen LogP) is 5.32. The fraction of sp³-hybridized carbons (Fsp3) is 0.611. The van der Waals surface area contributed by atoms with Gasteiger partial charge in [0, 0.05) is 38.4 Å². The molecule has 136 valence electrons. The van der Waals surface area contributed by atoms with Crippen molar-refractivity contribution in [2.75, 3.05) is 20.2 Å². The van der Waals surface area contributed by atoms with E-state index in [1.807, 2.05) is 13.8 Å². The van der Waals surface area contributed by atoms with Crippen molar-refractivity contribution in [3.63, 3.8) is 0 Å². The van der Waals surface area contributed by atoms with Crippen LogP contribution < -0.4 is 4.74 Å². The van der Waals surface area contributed by atoms with Gasteiger partial charge in [-0.3, -0.25) is 5.41 Å². The fourth-order valence-electron chi connectivity index (χ4n) is 2.38. The van der Waals surface area contributed by atoms with Crippen LogP contribution in [0.25, 0.3) is 0 Å². The van der Waals surface area contributed by atoms with Gasteiger partial charge in [-0.1, -0.05) is 25.7 Å². The molecule has 0 atom stereocenters. The van der Waals surface area contributed by atoms with Gasteiger partial charge in [-0.25, -0.2) is 8.78 Å². The fourth-order valence-corrected chi connectivity index (χ4v) is 3.58.